The number of hydrogen-bond acceptors (Lipinski definition) is 6. The molecule has 32 heavy (non-hydrogen) atoms. The van der Waals surface area contributed by atoms with Crippen LogP contribution in [0, 0.1) is 0 Å². The molecule has 7 heteroatoms. The molecule has 0 saturated carbocycles. The summed E-state index contributed by atoms with van der Waals surface area (Å²) in [4.78, 5) is 16.6. The third-order valence-electron chi connectivity index (χ3n) is 4.76. The minimum Gasteiger partial charge on any atom is -0.497 e. The lowest BCUT2D eigenvalue weighted by atomic mass is 10.1. The van der Waals surface area contributed by atoms with E-state index in [-0.39, 0.29) is 5.91 Å². The largest absolute Gasteiger partial charge is 0.497 e. The van der Waals surface area contributed by atoms with Crippen LogP contribution in [0.3, 0.4) is 0 Å². The Kier molecular flexibility index (Phi) is 8.09. The van der Waals surface area contributed by atoms with Crippen molar-refractivity contribution in [1.29, 1.82) is 0 Å². The van der Waals surface area contributed by atoms with Crippen LogP contribution in [-0.4, -0.2) is 38.8 Å². The molecule has 0 saturated heterocycles. The Morgan fingerprint density at radius 1 is 0.938 bits per heavy atom. The van der Waals surface area contributed by atoms with E-state index in [9.17, 15) is 4.79 Å². The second kappa shape index (κ2) is 11.4. The Bertz CT molecular complexity index is 1050. The van der Waals surface area contributed by atoms with Gasteiger partial charge in [0.15, 0.2) is 0 Å². The first-order chi connectivity index (χ1) is 15.6. The normalized spacial score (nSPS) is 10.6. The third-order valence-corrected chi connectivity index (χ3v) is 4.76. The quantitative estimate of drug-likeness (QED) is 0.461. The minimum atomic E-state index is -0.267. The van der Waals surface area contributed by atoms with Gasteiger partial charge >= 0.3 is 0 Å². The van der Waals surface area contributed by atoms with Crippen molar-refractivity contribution in [2.45, 2.75) is 6.42 Å². The van der Waals surface area contributed by atoms with Crippen molar-refractivity contribution in [2.75, 3.05) is 38.5 Å². The fourth-order valence-electron chi connectivity index (χ4n) is 3.02. The second-order valence-electron chi connectivity index (χ2n) is 6.89. The van der Waals surface area contributed by atoms with E-state index >= 15 is 0 Å². The number of ether oxygens (including phenoxy) is 3. The van der Waals surface area contributed by atoms with Crippen molar-refractivity contribution in [3.63, 3.8) is 0 Å². The van der Waals surface area contributed by atoms with Crippen molar-refractivity contribution in [3.05, 3.63) is 78.0 Å². The van der Waals surface area contributed by atoms with Gasteiger partial charge in [-0.25, -0.2) is 4.98 Å². The van der Waals surface area contributed by atoms with Crippen molar-refractivity contribution < 1.29 is 19.0 Å². The van der Waals surface area contributed by atoms with Crippen molar-refractivity contribution in [2.24, 2.45) is 0 Å². The Labute approximate surface area is 188 Å². The molecule has 1 amide bonds. The summed E-state index contributed by atoms with van der Waals surface area (Å²) in [7, 11) is 4.83. The highest BCUT2D eigenvalue weighted by Crippen LogP contribution is 2.25. The number of nitrogens with one attached hydrogen (secondary N) is 2. The molecule has 1 heterocycles. The van der Waals surface area contributed by atoms with Gasteiger partial charge in [-0.1, -0.05) is 12.1 Å². The number of carbonyl (C=O) groups is 1. The van der Waals surface area contributed by atoms with Crippen LogP contribution in [0.2, 0.25) is 0 Å². The topological polar surface area (TPSA) is 81.7 Å². The molecule has 0 bridgehead atoms. The lowest BCUT2D eigenvalue weighted by molar-refractivity contribution is -0.111. The van der Waals surface area contributed by atoms with Crippen LogP contribution in [0.25, 0.3) is 6.08 Å². The SMILES string of the molecule is COc1ccc(CCNc2ccc(NC(=O)/C=C/c3cc(OC)ccc3OC)cn2)cc1. The number of aromatic nitrogens is 1. The summed E-state index contributed by atoms with van der Waals surface area (Å²) >= 11 is 0. The monoisotopic (exact) mass is 433 g/mol. The number of pyridine rings is 1. The molecule has 0 aliphatic carbocycles. The number of anilines is 2. The summed E-state index contributed by atoms with van der Waals surface area (Å²) < 4.78 is 15.7. The molecule has 3 aromatic rings. The number of carbonyl (C=O) groups excluding carboxylic acids is 1. The second-order valence-corrected chi connectivity index (χ2v) is 6.89. The zero-order valence-corrected chi connectivity index (χ0v) is 18.4. The molecular weight excluding hydrogens is 406 g/mol. The maximum atomic E-state index is 12.3. The Morgan fingerprint density at radius 2 is 1.69 bits per heavy atom. The molecular formula is C25H27N3O4. The minimum absolute atomic E-state index is 0.267. The Balaban J connectivity index is 1.50. The molecule has 0 fully saturated rings. The zero-order valence-electron chi connectivity index (χ0n) is 18.4. The maximum Gasteiger partial charge on any atom is 0.248 e. The van der Waals surface area contributed by atoms with Crippen LogP contribution < -0.4 is 24.8 Å². The predicted molar refractivity (Wildman–Crippen MR) is 127 cm³/mol. The molecule has 7 nitrogen and oxygen atoms in total. The van der Waals surface area contributed by atoms with Crippen LogP contribution in [0.1, 0.15) is 11.1 Å². The molecule has 0 atom stereocenters. The van der Waals surface area contributed by atoms with E-state index in [1.807, 2.05) is 30.3 Å². The molecule has 0 aliphatic heterocycles. The van der Waals surface area contributed by atoms with Crippen LogP contribution in [0.4, 0.5) is 11.5 Å². The highest BCUT2D eigenvalue weighted by Gasteiger charge is 2.04. The average molecular weight is 434 g/mol. The molecule has 2 N–H and O–H groups in total. The summed E-state index contributed by atoms with van der Waals surface area (Å²) in [6.45, 7) is 0.746. The van der Waals surface area contributed by atoms with E-state index in [1.54, 1.807) is 57.9 Å². The molecule has 0 aliphatic rings. The van der Waals surface area contributed by atoms with Gasteiger partial charge < -0.3 is 24.8 Å². The summed E-state index contributed by atoms with van der Waals surface area (Å²) in [6.07, 6.45) is 5.60. The summed E-state index contributed by atoms with van der Waals surface area (Å²) in [5.41, 5.74) is 2.57. The lowest BCUT2D eigenvalue weighted by Crippen LogP contribution is -2.09. The molecule has 0 radical (unpaired) electrons. The van der Waals surface area contributed by atoms with E-state index in [1.165, 1.54) is 11.6 Å². The maximum absolute atomic E-state index is 12.3. The Hall–Kier alpha value is -4.00. The van der Waals surface area contributed by atoms with Crippen molar-refractivity contribution in [3.8, 4) is 17.2 Å². The lowest BCUT2D eigenvalue weighted by Gasteiger charge is -2.08. The van der Waals surface area contributed by atoms with Crippen molar-refractivity contribution >= 4 is 23.5 Å². The fraction of sp³-hybridized carbons (Fsp3) is 0.200. The first kappa shape index (κ1) is 22.7. The number of hydrogen-bond donors (Lipinski definition) is 2. The summed E-state index contributed by atoms with van der Waals surface area (Å²) in [5, 5.41) is 6.08. The molecule has 1 aromatic heterocycles. The Morgan fingerprint density at radius 3 is 2.34 bits per heavy atom. The zero-order chi connectivity index (χ0) is 22.8. The van der Waals surface area contributed by atoms with Crippen LogP contribution in [0.15, 0.2) is 66.9 Å². The van der Waals surface area contributed by atoms with Gasteiger partial charge in [-0.2, -0.15) is 0 Å². The standard InChI is InChI=1S/C25H27N3O4/c1-30-21-8-4-18(5-9-21)14-15-26-24-12-7-20(17-27-24)28-25(29)13-6-19-16-22(31-2)10-11-23(19)32-3/h4-13,16-17H,14-15H2,1-3H3,(H,26,27)(H,28,29)/b13-6+. The number of amides is 1. The number of methoxy groups -OCH3 is 3. The number of rotatable bonds is 10. The molecule has 3 rings (SSSR count). The number of nitrogens with zero attached hydrogens (tertiary/aromatic N) is 1. The molecule has 2 aromatic carbocycles. The van der Waals surface area contributed by atoms with Crippen molar-refractivity contribution in [1.82, 2.24) is 4.98 Å². The van der Waals surface area contributed by atoms with Gasteiger partial charge in [0, 0.05) is 18.2 Å². The third kappa shape index (κ3) is 6.50. The fourth-order valence-corrected chi connectivity index (χ4v) is 3.02. The van der Waals surface area contributed by atoms with Gasteiger partial charge in [-0.15, -0.1) is 0 Å². The molecule has 0 unspecified atom stereocenters. The summed E-state index contributed by atoms with van der Waals surface area (Å²) in [6, 6.07) is 17.0. The van der Waals surface area contributed by atoms with Crippen LogP contribution in [-0.2, 0) is 11.2 Å². The van der Waals surface area contributed by atoms with Gasteiger partial charge in [0.2, 0.25) is 5.91 Å². The van der Waals surface area contributed by atoms with Gasteiger partial charge in [-0.05, 0) is 60.5 Å². The first-order valence-corrected chi connectivity index (χ1v) is 10.1. The first-order valence-electron chi connectivity index (χ1n) is 10.1. The molecule has 0 spiro atoms. The van der Waals surface area contributed by atoms with E-state index in [0.717, 1.165) is 30.1 Å². The van der Waals surface area contributed by atoms with Gasteiger partial charge in [-0.3, -0.25) is 4.79 Å². The van der Waals surface area contributed by atoms with E-state index in [4.69, 9.17) is 14.2 Å². The van der Waals surface area contributed by atoms with E-state index in [0.29, 0.717) is 17.2 Å². The highest BCUT2D eigenvalue weighted by atomic mass is 16.5. The van der Waals surface area contributed by atoms with Gasteiger partial charge in [0.25, 0.3) is 0 Å². The van der Waals surface area contributed by atoms with E-state index < -0.39 is 0 Å². The van der Waals surface area contributed by atoms with Crippen LogP contribution >= 0.6 is 0 Å². The van der Waals surface area contributed by atoms with E-state index in [2.05, 4.69) is 15.6 Å². The average Bonchev–Trinajstić information content (AvgIpc) is 2.84. The van der Waals surface area contributed by atoms with Gasteiger partial charge in [0.1, 0.15) is 23.1 Å². The number of benzene rings is 2. The predicted octanol–water partition coefficient (Wildman–Crippen LogP) is 4.41. The van der Waals surface area contributed by atoms with Crippen LogP contribution in [0.5, 0.6) is 17.2 Å². The smallest absolute Gasteiger partial charge is 0.248 e. The summed E-state index contributed by atoms with van der Waals surface area (Å²) in [5.74, 6) is 2.66. The van der Waals surface area contributed by atoms with Gasteiger partial charge in [0.05, 0.1) is 33.2 Å². The molecule has 166 valence electrons. The highest BCUT2D eigenvalue weighted by molar-refractivity contribution is 6.02.